The van der Waals surface area contributed by atoms with Gasteiger partial charge >= 0.3 is 0 Å². The number of anilines is 1. The van der Waals surface area contributed by atoms with Gasteiger partial charge in [0.25, 0.3) is 5.91 Å². The number of nitrogens with zero attached hydrogens (tertiary/aromatic N) is 1. The van der Waals surface area contributed by atoms with Crippen molar-refractivity contribution >= 4 is 23.1 Å². The Bertz CT molecular complexity index is 676. The fourth-order valence-electron chi connectivity index (χ4n) is 2.92. The van der Waals surface area contributed by atoms with Crippen LogP contribution < -0.4 is 15.8 Å². The van der Waals surface area contributed by atoms with Gasteiger partial charge in [0.05, 0.1) is 12.8 Å². The average molecular weight is 331 g/mol. The molecule has 23 heavy (non-hydrogen) atoms. The number of nitrogens with two attached hydrogens (primary N) is 1. The zero-order valence-corrected chi connectivity index (χ0v) is 14.0. The highest BCUT2D eigenvalue weighted by atomic mass is 32.1. The molecule has 1 aliphatic carbocycles. The Morgan fingerprint density at radius 1 is 1.26 bits per heavy atom. The summed E-state index contributed by atoms with van der Waals surface area (Å²) in [4.78, 5) is 12.9. The van der Waals surface area contributed by atoms with Crippen LogP contribution >= 0.6 is 11.5 Å². The van der Waals surface area contributed by atoms with E-state index in [0.29, 0.717) is 16.3 Å². The molecule has 1 amide bonds. The number of aromatic nitrogens is 1. The molecule has 1 aromatic heterocycles. The maximum atomic E-state index is 12.4. The Labute approximate surface area is 140 Å². The summed E-state index contributed by atoms with van der Waals surface area (Å²) in [6, 6.07) is 7.77. The van der Waals surface area contributed by atoms with Crippen LogP contribution in [0.1, 0.15) is 41.8 Å². The lowest BCUT2D eigenvalue weighted by Crippen LogP contribution is -2.36. The molecule has 1 aliphatic rings. The number of hydrogen-bond donors (Lipinski definition) is 2. The molecule has 0 saturated heterocycles. The topological polar surface area (TPSA) is 77.2 Å². The quantitative estimate of drug-likeness (QED) is 0.899. The second kappa shape index (κ2) is 7.00. The Morgan fingerprint density at radius 3 is 2.61 bits per heavy atom. The molecule has 3 rings (SSSR count). The first-order valence-corrected chi connectivity index (χ1v) is 8.67. The van der Waals surface area contributed by atoms with Gasteiger partial charge in [-0.1, -0.05) is 19.3 Å². The number of rotatable bonds is 4. The van der Waals surface area contributed by atoms with Crippen LogP contribution in [0.15, 0.2) is 24.3 Å². The van der Waals surface area contributed by atoms with Gasteiger partial charge < -0.3 is 15.8 Å². The maximum Gasteiger partial charge on any atom is 0.265 e. The monoisotopic (exact) mass is 331 g/mol. The van der Waals surface area contributed by atoms with Crippen LogP contribution in [0.25, 0.3) is 11.3 Å². The summed E-state index contributed by atoms with van der Waals surface area (Å²) in [7, 11) is 1.62. The normalized spacial score (nSPS) is 15.3. The molecular weight excluding hydrogens is 310 g/mol. The van der Waals surface area contributed by atoms with E-state index in [4.69, 9.17) is 10.5 Å². The smallest absolute Gasteiger partial charge is 0.265 e. The van der Waals surface area contributed by atoms with E-state index in [0.717, 1.165) is 35.7 Å². The van der Waals surface area contributed by atoms with E-state index in [1.807, 2.05) is 24.3 Å². The summed E-state index contributed by atoms with van der Waals surface area (Å²) < 4.78 is 9.52. The number of nitrogens with one attached hydrogen (secondary N) is 1. The lowest BCUT2D eigenvalue weighted by molar-refractivity contribution is 0.0932. The third kappa shape index (κ3) is 3.47. The molecule has 122 valence electrons. The molecule has 0 unspecified atom stereocenters. The highest BCUT2D eigenvalue weighted by Gasteiger charge is 2.22. The van der Waals surface area contributed by atoms with Gasteiger partial charge in [0, 0.05) is 11.6 Å². The SMILES string of the molecule is COc1ccc(-c2nsc(C(=O)NC3CCCCC3)c2N)cc1. The number of carbonyl (C=O) groups excluding carboxylic acids is 1. The van der Waals surface area contributed by atoms with Crippen molar-refractivity contribution in [3.8, 4) is 17.0 Å². The standard InChI is InChI=1S/C17H21N3O2S/c1-22-13-9-7-11(8-10-13)15-14(18)16(23-20-15)17(21)19-12-5-3-2-4-6-12/h7-10,12H,2-6,18H2,1H3,(H,19,21). The predicted molar refractivity (Wildman–Crippen MR) is 92.9 cm³/mol. The van der Waals surface area contributed by atoms with Crippen molar-refractivity contribution in [3.63, 3.8) is 0 Å². The van der Waals surface area contributed by atoms with Crippen molar-refractivity contribution in [2.75, 3.05) is 12.8 Å². The largest absolute Gasteiger partial charge is 0.497 e. The Morgan fingerprint density at radius 2 is 1.96 bits per heavy atom. The lowest BCUT2D eigenvalue weighted by atomic mass is 9.95. The van der Waals surface area contributed by atoms with Crippen LogP contribution in [0.4, 0.5) is 5.69 Å². The van der Waals surface area contributed by atoms with Crippen LogP contribution in [0.5, 0.6) is 5.75 Å². The van der Waals surface area contributed by atoms with Gasteiger partial charge in [0.15, 0.2) is 0 Å². The molecule has 0 aliphatic heterocycles. The predicted octanol–water partition coefficient (Wildman–Crippen LogP) is 3.46. The number of benzene rings is 1. The van der Waals surface area contributed by atoms with E-state index >= 15 is 0 Å². The minimum atomic E-state index is -0.105. The molecule has 0 bridgehead atoms. The number of methoxy groups -OCH3 is 1. The van der Waals surface area contributed by atoms with Gasteiger partial charge in [-0.2, -0.15) is 4.37 Å². The van der Waals surface area contributed by atoms with E-state index in [1.54, 1.807) is 7.11 Å². The Balaban J connectivity index is 1.76. The van der Waals surface area contributed by atoms with Gasteiger partial charge in [-0.05, 0) is 48.6 Å². The minimum Gasteiger partial charge on any atom is -0.497 e. The Hall–Kier alpha value is -2.08. The molecule has 0 radical (unpaired) electrons. The molecule has 1 heterocycles. The van der Waals surface area contributed by atoms with Gasteiger partial charge in [0.2, 0.25) is 0 Å². The zero-order chi connectivity index (χ0) is 16.2. The first-order valence-electron chi connectivity index (χ1n) is 7.89. The van der Waals surface area contributed by atoms with E-state index in [1.165, 1.54) is 19.3 Å². The number of carbonyl (C=O) groups is 1. The molecule has 5 nitrogen and oxygen atoms in total. The van der Waals surface area contributed by atoms with E-state index in [2.05, 4.69) is 9.69 Å². The molecule has 6 heteroatoms. The van der Waals surface area contributed by atoms with Gasteiger partial charge in [-0.25, -0.2) is 0 Å². The average Bonchev–Trinajstić information content (AvgIpc) is 2.97. The summed E-state index contributed by atoms with van der Waals surface area (Å²) in [6.07, 6.45) is 5.72. The summed E-state index contributed by atoms with van der Waals surface area (Å²) in [5.74, 6) is 0.671. The van der Waals surface area contributed by atoms with Crippen LogP contribution in [0.3, 0.4) is 0 Å². The van der Waals surface area contributed by atoms with Crippen LogP contribution in [-0.4, -0.2) is 23.4 Å². The third-order valence-corrected chi connectivity index (χ3v) is 5.10. The zero-order valence-electron chi connectivity index (χ0n) is 13.2. The highest BCUT2D eigenvalue weighted by molar-refractivity contribution is 7.09. The van der Waals surface area contributed by atoms with Gasteiger partial charge in [0.1, 0.15) is 16.3 Å². The first kappa shape index (κ1) is 15.8. The minimum absolute atomic E-state index is 0.105. The number of amides is 1. The maximum absolute atomic E-state index is 12.4. The molecule has 0 atom stereocenters. The van der Waals surface area contributed by atoms with Crippen molar-refractivity contribution in [1.29, 1.82) is 0 Å². The molecule has 3 N–H and O–H groups in total. The fourth-order valence-corrected chi connectivity index (χ4v) is 3.64. The van der Waals surface area contributed by atoms with E-state index in [9.17, 15) is 4.79 Å². The van der Waals surface area contributed by atoms with Gasteiger partial charge in [-0.15, -0.1) is 0 Å². The summed E-state index contributed by atoms with van der Waals surface area (Å²) in [6.45, 7) is 0. The number of hydrogen-bond acceptors (Lipinski definition) is 5. The fraction of sp³-hybridized carbons (Fsp3) is 0.412. The van der Waals surface area contributed by atoms with Gasteiger partial charge in [-0.3, -0.25) is 4.79 Å². The summed E-state index contributed by atoms with van der Waals surface area (Å²) in [5, 5.41) is 3.09. The molecule has 1 saturated carbocycles. The first-order chi connectivity index (χ1) is 11.2. The highest BCUT2D eigenvalue weighted by Crippen LogP contribution is 2.32. The Kier molecular flexibility index (Phi) is 4.81. The number of ether oxygens (including phenoxy) is 1. The van der Waals surface area contributed by atoms with Crippen LogP contribution in [0.2, 0.25) is 0 Å². The van der Waals surface area contributed by atoms with Crippen LogP contribution in [0, 0.1) is 0 Å². The van der Waals surface area contributed by atoms with Crippen molar-refractivity contribution in [2.24, 2.45) is 0 Å². The molecule has 1 aromatic carbocycles. The van der Waals surface area contributed by atoms with Crippen molar-refractivity contribution < 1.29 is 9.53 Å². The molecular formula is C17H21N3O2S. The number of nitrogen functional groups attached to an aromatic ring is 1. The third-order valence-electron chi connectivity index (χ3n) is 4.24. The molecule has 1 fully saturated rings. The lowest BCUT2D eigenvalue weighted by Gasteiger charge is -2.22. The van der Waals surface area contributed by atoms with E-state index in [-0.39, 0.29) is 11.9 Å². The van der Waals surface area contributed by atoms with Crippen molar-refractivity contribution in [3.05, 3.63) is 29.1 Å². The second-order valence-corrected chi connectivity index (χ2v) is 6.58. The van der Waals surface area contributed by atoms with E-state index < -0.39 is 0 Å². The molecule has 2 aromatic rings. The summed E-state index contributed by atoms with van der Waals surface area (Å²) >= 11 is 1.16. The molecule has 0 spiro atoms. The van der Waals surface area contributed by atoms with Crippen LogP contribution in [-0.2, 0) is 0 Å². The summed E-state index contributed by atoms with van der Waals surface area (Å²) in [5.41, 5.74) is 8.16. The van der Waals surface area contributed by atoms with Crippen molar-refractivity contribution in [1.82, 2.24) is 9.69 Å². The second-order valence-electron chi connectivity index (χ2n) is 5.81. The van der Waals surface area contributed by atoms with Crippen molar-refractivity contribution in [2.45, 2.75) is 38.1 Å².